The van der Waals surface area contributed by atoms with Crippen LogP contribution in [0.15, 0.2) is 41.5 Å². The van der Waals surface area contributed by atoms with Gasteiger partial charge < -0.3 is 14.2 Å². The van der Waals surface area contributed by atoms with Gasteiger partial charge in [0.05, 0.1) is 19.9 Å². The molecule has 6 heteroatoms. The van der Waals surface area contributed by atoms with E-state index in [2.05, 4.69) is 24.4 Å². The molecule has 0 bridgehead atoms. The number of methoxy groups -OCH3 is 2. The minimum absolute atomic E-state index is 0.111. The molecule has 6 nitrogen and oxygen atoms in total. The fourth-order valence-electron chi connectivity index (χ4n) is 2.72. The van der Waals surface area contributed by atoms with E-state index in [-0.39, 0.29) is 12.5 Å². The lowest BCUT2D eigenvalue weighted by atomic mass is 10.0. The van der Waals surface area contributed by atoms with Crippen molar-refractivity contribution in [1.29, 1.82) is 0 Å². The van der Waals surface area contributed by atoms with Gasteiger partial charge in [0.1, 0.15) is 17.2 Å². The lowest BCUT2D eigenvalue weighted by molar-refractivity contribution is -0.123. The lowest BCUT2D eigenvalue weighted by Crippen LogP contribution is -2.26. The Kier molecular flexibility index (Phi) is 7.44. The summed E-state index contributed by atoms with van der Waals surface area (Å²) in [5.74, 6) is 2.00. The number of hydrazone groups is 1. The van der Waals surface area contributed by atoms with Gasteiger partial charge in [-0.15, -0.1) is 0 Å². The van der Waals surface area contributed by atoms with Crippen molar-refractivity contribution in [3.63, 3.8) is 0 Å². The molecule has 0 saturated carbocycles. The SMILES string of the molecule is COc1ccc(C(C)=NNC(=O)COc2cc(C)ccc2C(C)C)c(OC)c1. The molecule has 0 aliphatic heterocycles. The Balaban J connectivity index is 2.03. The van der Waals surface area contributed by atoms with E-state index >= 15 is 0 Å². The minimum atomic E-state index is -0.331. The third-order valence-corrected chi connectivity index (χ3v) is 4.30. The number of amides is 1. The summed E-state index contributed by atoms with van der Waals surface area (Å²) in [4.78, 5) is 12.2. The number of carbonyl (C=O) groups is 1. The molecule has 0 aliphatic carbocycles. The molecular formula is C22H28N2O4. The van der Waals surface area contributed by atoms with Gasteiger partial charge in [0, 0.05) is 11.6 Å². The number of hydrogen-bond acceptors (Lipinski definition) is 5. The van der Waals surface area contributed by atoms with E-state index < -0.39 is 0 Å². The van der Waals surface area contributed by atoms with E-state index in [1.807, 2.05) is 37.3 Å². The van der Waals surface area contributed by atoms with Crippen LogP contribution in [-0.2, 0) is 4.79 Å². The zero-order valence-corrected chi connectivity index (χ0v) is 17.3. The number of aryl methyl sites for hydroxylation is 1. The van der Waals surface area contributed by atoms with E-state index in [0.717, 1.165) is 22.4 Å². The van der Waals surface area contributed by atoms with Gasteiger partial charge in [-0.3, -0.25) is 4.79 Å². The molecule has 0 saturated heterocycles. The normalized spacial score (nSPS) is 11.3. The second-order valence-electron chi connectivity index (χ2n) is 6.78. The average Bonchev–Trinajstić information content (AvgIpc) is 2.69. The summed E-state index contributed by atoms with van der Waals surface area (Å²) in [5.41, 5.74) is 6.07. The molecule has 0 radical (unpaired) electrons. The molecule has 2 rings (SSSR count). The summed E-state index contributed by atoms with van der Waals surface area (Å²) in [6, 6.07) is 11.4. The van der Waals surface area contributed by atoms with Crippen molar-refractivity contribution in [2.45, 2.75) is 33.6 Å². The molecule has 0 atom stereocenters. The highest BCUT2D eigenvalue weighted by Crippen LogP contribution is 2.27. The van der Waals surface area contributed by atoms with Gasteiger partial charge in [-0.1, -0.05) is 26.0 Å². The fraction of sp³-hybridized carbons (Fsp3) is 0.364. The molecule has 28 heavy (non-hydrogen) atoms. The molecule has 2 aromatic rings. The molecule has 2 aromatic carbocycles. The minimum Gasteiger partial charge on any atom is -0.497 e. The summed E-state index contributed by atoms with van der Waals surface area (Å²) in [5, 5.41) is 4.16. The van der Waals surface area contributed by atoms with Gasteiger partial charge in [-0.2, -0.15) is 5.10 Å². The van der Waals surface area contributed by atoms with Crippen LogP contribution in [0, 0.1) is 6.92 Å². The predicted molar refractivity (Wildman–Crippen MR) is 111 cm³/mol. The average molecular weight is 384 g/mol. The Morgan fingerprint density at radius 2 is 1.82 bits per heavy atom. The van der Waals surface area contributed by atoms with Gasteiger partial charge in [-0.05, 0) is 49.1 Å². The zero-order chi connectivity index (χ0) is 20.7. The smallest absolute Gasteiger partial charge is 0.277 e. The zero-order valence-electron chi connectivity index (χ0n) is 17.3. The third-order valence-electron chi connectivity index (χ3n) is 4.30. The topological polar surface area (TPSA) is 69.2 Å². The molecular weight excluding hydrogens is 356 g/mol. The lowest BCUT2D eigenvalue weighted by Gasteiger charge is -2.14. The molecule has 0 spiro atoms. The van der Waals surface area contributed by atoms with Gasteiger partial charge in [-0.25, -0.2) is 5.43 Å². The first kappa shape index (κ1) is 21.3. The Hall–Kier alpha value is -3.02. The van der Waals surface area contributed by atoms with Crippen molar-refractivity contribution in [1.82, 2.24) is 5.43 Å². The Labute approximate surface area is 166 Å². The van der Waals surface area contributed by atoms with E-state index in [0.29, 0.717) is 23.1 Å². The van der Waals surface area contributed by atoms with Crippen LogP contribution in [0.2, 0.25) is 0 Å². The Bertz CT molecular complexity index is 860. The highest BCUT2D eigenvalue weighted by molar-refractivity contribution is 6.01. The highest BCUT2D eigenvalue weighted by Gasteiger charge is 2.11. The molecule has 150 valence electrons. The number of benzene rings is 2. The Morgan fingerprint density at radius 3 is 2.46 bits per heavy atom. The molecule has 1 amide bonds. The highest BCUT2D eigenvalue weighted by atomic mass is 16.5. The number of hydrogen-bond donors (Lipinski definition) is 1. The first-order chi connectivity index (χ1) is 13.3. The van der Waals surface area contributed by atoms with Crippen LogP contribution in [0.25, 0.3) is 0 Å². The van der Waals surface area contributed by atoms with Crippen LogP contribution in [0.1, 0.15) is 43.4 Å². The van der Waals surface area contributed by atoms with Crippen LogP contribution in [-0.4, -0.2) is 32.4 Å². The second-order valence-corrected chi connectivity index (χ2v) is 6.78. The predicted octanol–water partition coefficient (Wildman–Crippen LogP) is 4.05. The number of nitrogens with one attached hydrogen (secondary N) is 1. The standard InChI is InChI=1S/C22H28N2O4/c1-14(2)18-9-7-15(3)11-21(18)28-13-22(25)24-23-16(4)19-10-8-17(26-5)12-20(19)27-6/h7-12,14H,13H2,1-6H3,(H,24,25). The van der Waals surface area contributed by atoms with E-state index in [1.165, 1.54) is 0 Å². The third kappa shape index (κ3) is 5.49. The molecule has 0 fully saturated rings. The van der Waals surface area contributed by atoms with Gasteiger partial charge >= 0.3 is 0 Å². The summed E-state index contributed by atoms with van der Waals surface area (Å²) >= 11 is 0. The molecule has 0 heterocycles. The number of ether oxygens (including phenoxy) is 3. The quantitative estimate of drug-likeness (QED) is 0.551. The number of rotatable bonds is 8. The summed E-state index contributed by atoms with van der Waals surface area (Å²) in [6.07, 6.45) is 0. The second kappa shape index (κ2) is 9.78. The van der Waals surface area contributed by atoms with Crippen LogP contribution in [0.3, 0.4) is 0 Å². The van der Waals surface area contributed by atoms with E-state index in [1.54, 1.807) is 27.2 Å². The number of nitrogens with zero attached hydrogens (tertiary/aromatic N) is 1. The van der Waals surface area contributed by atoms with Crippen molar-refractivity contribution in [3.8, 4) is 17.2 Å². The first-order valence-corrected chi connectivity index (χ1v) is 9.14. The van der Waals surface area contributed by atoms with E-state index in [4.69, 9.17) is 14.2 Å². The largest absolute Gasteiger partial charge is 0.497 e. The summed E-state index contributed by atoms with van der Waals surface area (Å²) in [6.45, 7) is 7.86. The fourth-order valence-corrected chi connectivity index (χ4v) is 2.72. The van der Waals surface area contributed by atoms with Crippen LogP contribution < -0.4 is 19.6 Å². The molecule has 0 unspecified atom stereocenters. The monoisotopic (exact) mass is 384 g/mol. The number of carbonyl (C=O) groups excluding carboxylic acids is 1. The van der Waals surface area contributed by atoms with Crippen molar-refractivity contribution in [2.24, 2.45) is 5.10 Å². The van der Waals surface area contributed by atoms with E-state index in [9.17, 15) is 4.79 Å². The molecule has 0 aromatic heterocycles. The Morgan fingerprint density at radius 1 is 1.07 bits per heavy atom. The first-order valence-electron chi connectivity index (χ1n) is 9.14. The maximum atomic E-state index is 12.2. The van der Waals surface area contributed by atoms with Crippen molar-refractivity contribution in [3.05, 3.63) is 53.1 Å². The summed E-state index contributed by atoms with van der Waals surface area (Å²) < 4.78 is 16.3. The van der Waals surface area contributed by atoms with Crippen LogP contribution >= 0.6 is 0 Å². The maximum Gasteiger partial charge on any atom is 0.277 e. The van der Waals surface area contributed by atoms with Crippen molar-refractivity contribution in [2.75, 3.05) is 20.8 Å². The molecule has 0 aliphatic rings. The van der Waals surface area contributed by atoms with Gasteiger partial charge in [0.2, 0.25) is 0 Å². The maximum absolute atomic E-state index is 12.2. The van der Waals surface area contributed by atoms with Crippen LogP contribution in [0.4, 0.5) is 0 Å². The summed E-state index contributed by atoms with van der Waals surface area (Å²) in [7, 11) is 3.17. The van der Waals surface area contributed by atoms with Gasteiger partial charge in [0.25, 0.3) is 5.91 Å². The van der Waals surface area contributed by atoms with Gasteiger partial charge in [0.15, 0.2) is 6.61 Å². The molecule has 1 N–H and O–H groups in total. The van der Waals surface area contributed by atoms with Crippen molar-refractivity contribution < 1.29 is 19.0 Å². The van der Waals surface area contributed by atoms with Crippen LogP contribution in [0.5, 0.6) is 17.2 Å². The van der Waals surface area contributed by atoms with Crippen molar-refractivity contribution >= 4 is 11.6 Å².